The van der Waals surface area contributed by atoms with Gasteiger partial charge in [-0.25, -0.2) is 4.79 Å². The first kappa shape index (κ1) is 76.2. The fourth-order valence-corrected chi connectivity index (χ4v) is 72.6. The maximum Gasteiger partial charge on any atom is 0.469 e. The molecule has 13 nitrogen and oxygen atoms in total. The van der Waals surface area contributed by atoms with Crippen molar-refractivity contribution in [3.8, 4) is 0 Å². The fraction of sp³-hybridized carbons (Fsp3) is 0.933. The highest BCUT2D eigenvalue weighted by Gasteiger charge is 2.57. The summed E-state index contributed by atoms with van der Waals surface area (Å²) in [6, 6.07) is 8.16. The summed E-state index contributed by atoms with van der Waals surface area (Å²) in [5.41, 5.74) is 0.450. The van der Waals surface area contributed by atoms with E-state index in [9.17, 15) is 4.79 Å². The van der Waals surface area contributed by atoms with Crippen LogP contribution in [0.25, 0.3) is 0 Å². The topological polar surface area (TPSA) is 128 Å². The second-order valence-electron chi connectivity index (χ2n) is 30.1. The normalized spacial score (nSPS) is 15.3. The van der Waals surface area contributed by atoms with Crippen molar-refractivity contribution in [2.75, 3.05) is 6.61 Å². The van der Waals surface area contributed by atoms with E-state index >= 15 is 0 Å². The minimum atomic E-state index is -3.34. The molecule has 0 saturated carbocycles. The molecule has 0 unspecified atom stereocenters. The minimum Gasteiger partial charge on any atom is -0.462 e. The van der Waals surface area contributed by atoms with E-state index in [1.54, 1.807) is 6.92 Å². The van der Waals surface area contributed by atoms with Gasteiger partial charge in [-0.05, 0) is 239 Å². The second-order valence-corrected chi connectivity index (χ2v) is 93.2. The average molecular weight is 1320 g/mol. The standard InChI is InChI=1S/C45H120O13Si16/c1-44(2)45(46)47-34-32-33-35-59-48-68(24,25)37-36-60-49-69(26,27)38-41-73(53-64(12,13)14,54-65(15,16)17)57-71(30,31)40-43-74(55-66(18,19)20,56-67(21,22)23)58-70(28,29)39-42-72(50-61(3,4)5,51-62(6,7)8)52-63(9,10)11/h1,32-43,59-60H2,2-31H3. The van der Waals surface area contributed by atoms with Crippen LogP contribution in [0.15, 0.2) is 12.2 Å². The molecule has 0 radical (unpaired) electrons. The van der Waals surface area contributed by atoms with Gasteiger partial charge in [-0.2, -0.15) is 0 Å². The lowest BCUT2D eigenvalue weighted by molar-refractivity contribution is -0.139. The first-order valence-electron chi connectivity index (χ1n) is 27.9. The molecule has 0 heterocycles. The lowest BCUT2D eigenvalue weighted by Crippen LogP contribution is -2.64. The third kappa shape index (κ3) is 38.9. The molecule has 74 heavy (non-hydrogen) atoms. The smallest absolute Gasteiger partial charge is 0.462 e. The largest absolute Gasteiger partial charge is 0.469 e. The fourth-order valence-electron chi connectivity index (χ4n) is 8.23. The van der Waals surface area contributed by atoms with Crippen LogP contribution < -0.4 is 0 Å². The maximum absolute atomic E-state index is 11.7. The van der Waals surface area contributed by atoms with Crippen LogP contribution in [0.5, 0.6) is 0 Å². The highest BCUT2D eigenvalue weighted by atomic mass is 28.5. The Balaban J connectivity index is 6.77. The van der Waals surface area contributed by atoms with Crippen LogP contribution in [0.3, 0.4) is 0 Å². The molecule has 0 spiro atoms. The van der Waals surface area contributed by atoms with Crippen LogP contribution in [0.1, 0.15) is 19.8 Å². The molecule has 29 heteroatoms. The SMILES string of the molecule is C=C(C)C(=O)OCCCC[SiH2]O[Si](C)(C)CC[SiH2]O[Si](C)(C)CC[Si](O[Si](C)(C)C)(O[Si](C)(C)C)O[Si](C)(C)CC[Si](O[Si](C)(C)C)(O[Si](C)(C)C)O[Si](C)(C)CC[Si](O[Si](C)(C)C)(O[Si](C)(C)C)O[Si](C)(C)C. The Morgan fingerprint density at radius 1 is 0.338 bits per heavy atom. The van der Waals surface area contributed by atoms with Crippen molar-refractivity contribution in [1.29, 1.82) is 0 Å². The highest BCUT2D eigenvalue weighted by Crippen LogP contribution is 2.39. The number of unbranched alkanes of at least 4 members (excludes halogenated alkanes) is 1. The van der Waals surface area contributed by atoms with Gasteiger partial charge in [-0.1, -0.05) is 13.0 Å². The Morgan fingerprint density at radius 3 is 0.878 bits per heavy atom. The van der Waals surface area contributed by atoms with Gasteiger partial charge in [0.2, 0.25) is 0 Å². The summed E-state index contributed by atoms with van der Waals surface area (Å²) >= 11 is 0. The van der Waals surface area contributed by atoms with E-state index in [0.29, 0.717) is 18.2 Å². The van der Waals surface area contributed by atoms with Crippen LogP contribution in [-0.4, -0.2) is 150 Å². The molecule has 442 valence electrons. The molecular weight excluding hydrogens is 1200 g/mol. The molecule has 0 amide bonds. The van der Waals surface area contributed by atoms with Gasteiger partial charge in [0.05, 0.1) is 6.61 Å². The van der Waals surface area contributed by atoms with Gasteiger partial charge in [0.25, 0.3) is 0 Å². The molecule has 0 aromatic carbocycles. The van der Waals surface area contributed by atoms with Crippen molar-refractivity contribution in [2.24, 2.45) is 0 Å². The van der Waals surface area contributed by atoms with Crippen molar-refractivity contribution in [1.82, 2.24) is 0 Å². The van der Waals surface area contributed by atoms with Gasteiger partial charge in [0, 0.05) is 23.7 Å². The number of hydrogen-bond acceptors (Lipinski definition) is 13. The summed E-state index contributed by atoms with van der Waals surface area (Å²) in [5.74, 6) is -0.302. The van der Waals surface area contributed by atoms with Crippen LogP contribution >= 0.6 is 0 Å². The summed E-state index contributed by atoms with van der Waals surface area (Å²) in [6.45, 7) is 72.4. The molecule has 0 aromatic heterocycles. The van der Waals surface area contributed by atoms with Crippen molar-refractivity contribution < 1.29 is 54.8 Å². The molecule has 0 fully saturated rings. The van der Waals surface area contributed by atoms with Gasteiger partial charge in [-0.15, -0.1) is 0 Å². The van der Waals surface area contributed by atoms with Gasteiger partial charge in [0.15, 0.2) is 91.5 Å². The van der Waals surface area contributed by atoms with Gasteiger partial charge >= 0.3 is 32.4 Å². The van der Waals surface area contributed by atoms with E-state index < -0.39 is 137 Å². The Labute approximate surface area is 477 Å². The minimum absolute atomic E-state index is 0.302. The predicted molar refractivity (Wildman–Crippen MR) is 358 cm³/mol. The summed E-state index contributed by atoms with van der Waals surface area (Å²) in [6.07, 6.45) is 1.91. The van der Waals surface area contributed by atoms with Crippen molar-refractivity contribution in [2.45, 2.75) is 264 Å². The van der Waals surface area contributed by atoms with Crippen LogP contribution in [0, 0.1) is 0 Å². The van der Waals surface area contributed by atoms with E-state index in [-0.39, 0.29) is 5.97 Å². The molecule has 0 bridgehead atoms. The van der Waals surface area contributed by atoms with E-state index in [2.05, 4.69) is 196 Å². The van der Waals surface area contributed by atoms with E-state index in [1.807, 2.05) is 0 Å². The lowest BCUT2D eigenvalue weighted by Gasteiger charge is -2.47. The Bertz CT molecular complexity index is 1620. The summed E-state index contributed by atoms with van der Waals surface area (Å²) in [5, 5.41) is 0. The van der Waals surface area contributed by atoms with Gasteiger partial charge in [-0.3, -0.25) is 0 Å². The number of esters is 1. The summed E-state index contributed by atoms with van der Waals surface area (Å²) in [7, 11) is -34.9. The zero-order valence-electron chi connectivity index (χ0n) is 53.9. The first-order chi connectivity index (χ1) is 32.5. The Hall–Kier alpha value is 2.24. The third-order valence-electron chi connectivity index (χ3n) is 10.5. The molecule has 0 N–H and O–H groups in total. The lowest BCUT2D eigenvalue weighted by atomic mass is 10.3. The van der Waals surface area contributed by atoms with Crippen molar-refractivity contribution in [3.63, 3.8) is 0 Å². The molecule has 0 aliphatic rings. The van der Waals surface area contributed by atoms with Crippen molar-refractivity contribution in [3.05, 3.63) is 12.2 Å². The zero-order chi connectivity index (χ0) is 58.5. The molecule has 0 atom stereocenters. The maximum atomic E-state index is 11.7. The van der Waals surface area contributed by atoms with Gasteiger partial charge in [0.1, 0.15) is 19.5 Å². The third-order valence-corrected chi connectivity index (χ3v) is 63.3. The van der Waals surface area contributed by atoms with Gasteiger partial charge < -0.3 is 50.0 Å². The first-order valence-corrected chi connectivity index (χ1v) is 73.2. The van der Waals surface area contributed by atoms with Crippen molar-refractivity contribution >= 4 is 143 Å². The Kier molecular flexibility index (Phi) is 30.6. The molecule has 0 aliphatic heterocycles. The molecule has 0 aromatic rings. The number of carbonyl (C=O) groups is 1. The number of ether oxygens (including phenoxy) is 1. The number of carbonyl (C=O) groups excluding carboxylic acids is 1. The predicted octanol–water partition coefficient (Wildman–Crippen LogP) is 14.6. The summed E-state index contributed by atoms with van der Waals surface area (Å²) < 4.78 is 85.6. The highest BCUT2D eigenvalue weighted by molar-refractivity contribution is 6.95. The van der Waals surface area contributed by atoms with Crippen LogP contribution in [0.4, 0.5) is 0 Å². The molecular formula is C45H120O13Si16. The average Bonchev–Trinajstić information content (AvgIpc) is 3.08. The van der Waals surface area contributed by atoms with Crippen LogP contribution in [0.2, 0.25) is 244 Å². The summed E-state index contributed by atoms with van der Waals surface area (Å²) in [4.78, 5) is 11.7. The van der Waals surface area contributed by atoms with E-state index in [4.69, 9.17) is 50.0 Å². The zero-order valence-corrected chi connectivity index (χ0v) is 70.7. The van der Waals surface area contributed by atoms with Crippen LogP contribution in [-0.2, 0) is 54.8 Å². The van der Waals surface area contributed by atoms with E-state index in [1.165, 1.54) is 0 Å². The van der Waals surface area contributed by atoms with E-state index in [0.717, 1.165) is 61.2 Å². The molecule has 0 aliphatic carbocycles. The second kappa shape index (κ2) is 29.7. The monoisotopic (exact) mass is 1320 g/mol. The molecule has 0 rings (SSSR count). The number of rotatable bonds is 40. The molecule has 0 saturated heterocycles. The Morgan fingerprint density at radius 2 is 0.595 bits per heavy atom. The number of hydrogen-bond donors (Lipinski definition) is 0. The quantitative estimate of drug-likeness (QED) is 0.0250.